The van der Waals surface area contributed by atoms with Crippen molar-refractivity contribution in [1.29, 1.82) is 0 Å². The smallest absolute Gasteiger partial charge is 0.264 e. The number of amides is 2. The first-order valence-electron chi connectivity index (χ1n) is 12.9. The van der Waals surface area contributed by atoms with E-state index in [0.29, 0.717) is 17.1 Å². The van der Waals surface area contributed by atoms with Gasteiger partial charge < -0.3 is 10.2 Å². The number of carbonyl (C=O) groups excluding carboxylic acids is 2. The zero-order chi connectivity index (χ0) is 30.3. The fourth-order valence-electron chi connectivity index (χ4n) is 4.07. The van der Waals surface area contributed by atoms with Crippen LogP contribution < -0.4 is 9.62 Å². The Kier molecular flexibility index (Phi) is 11.4. The Morgan fingerprint density at radius 1 is 0.927 bits per heavy atom. The predicted molar refractivity (Wildman–Crippen MR) is 161 cm³/mol. The number of nitrogens with one attached hydrogen (secondary N) is 1. The SMILES string of the molecule is CCC(C(=O)NCC(C)C)N(Cc1ccc(Cl)c(Cl)c1)C(=O)CN(c1ccc(F)c(Cl)c1)S(=O)(=O)c1ccccc1. The molecule has 220 valence electrons. The maximum Gasteiger partial charge on any atom is 0.264 e. The van der Waals surface area contributed by atoms with Crippen molar-refractivity contribution >= 4 is 62.3 Å². The molecule has 0 aromatic heterocycles. The lowest BCUT2D eigenvalue weighted by atomic mass is 10.1. The molecule has 7 nitrogen and oxygen atoms in total. The van der Waals surface area contributed by atoms with Crippen LogP contribution in [0.4, 0.5) is 10.1 Å². The van der Waals surface area contributed by atoms with Crippen LogP contribution in [0.5, 0.6) is 0 Å². The summed E-state index contributed by atoms with van der Waals surface area (Å²) < 4.78 is 42.4. The number of rotatable bonds is 12. The first kappa shape index (κ1) is 32.7. The number of hydrogen-bond acceptors (Lipinski definition) is 4. The molecule has 0 radical (unpaired) electrons. The molecular weight excluding hydrogens is 612 g/mol. The number of halogens is 4. The van der Waals surface area contributed by atoms with Crippen molar-refractivity contribution in [2.24, 2.45) is 5.92 Å². The van der Waals surface area contributed by atoms with E-state index < -0.39 is 34.3 Å². The molecule has 1 unspecified atom stereocenters. The van der Waals surface area contributed by atoms with Gasteiger partial charge in [-0.15, -0.1) is 0 Å². The van der Waals surface area contributed by atoms with Crippen LogP contribution in [0.2, 0.25) is 15.1 Å². The van der Waals surface area contributed by atoms with Crippen molar-refractivity contribution in [2.45, 2.75) is 44.7 Å². The lowest BCUT2D eigenvalue weighted by molar-refractivity contribution is -0.140. The van der Waals surface area contributed by atoms with Crippen molar-refractivity contribution in [3.63, 3.8) is 0 Å². The summed E-state index contributed by atoms with van der Waals surface area (Å²) in [5, 5.41) is 3.14. The zero-order valence-electron chi connectivity index (χ0n) is 22.8. The van der Waals surface area contributed by atoms with Gasteiger partial charge in [-0.05, 0) is 60.4 Å². The van der Waals surface area contributed by atoms with Gasteiger partial charge in [-0.2, -0.15) is 0 Å². The van der Waals surface area contributed by atoms with Crippen LogP contribution >= 0.6 is 34.8 Å². The highest BCUT2D eigenvalue weighted by Gasteiger charge is 2.34. The Morgan fingerprint density at radius 3 is 2.20 bits per heavy atom. The molecule has 2 amide bonds. The van der Waals surface area contributed by atoms with Crippen LogP contribution in [-0.4, -0.2) is 44.3 Å². The van der Waals surface area contributed by atoms with Crippen molar-refractivity contribution < 1.29 is 22.4 Å². The fourth-order valence-corrected chi connectivity index (χ4v) is 5.99. The van der Waals surface area contributed by atoms with E-state index in [1.54, 1.807) is 43.3 Å². The number of anilines is 1. The molecule has 1 atom stereocenters. The van der Waals surface area contributed by atoms with Gasteiger partial charge in [0.2, 0.25) is 11.8 Å². The van der Waals surface area contributed by atoms with Crippen LogP contribution in [0.3, 0.4) is 0 Å². The van der Waals surface area contributed by atoms with Crippen LogP contribution in [0, 0.1) is 11.7 Å². The van der Waals surface area contributed by atoms with Crippen molar-refractivity contribution in [2.75, 3.05) is 17.4 Å². The number of benzene rings is 3. The normalized spacial score (nSPS) is 12.2. The van der Waals surface area contributed by atoms with E-state index >= 15 is 0 Å². The second-order valence-electron chi connectivity index (χ2n) is 9.76. The first-order chi connectivity index (χ1) is 19.3. The van der Waals surface area contributed by atoms with Crippen LogP contribution in [0.15, 0.2) is 71.6 Å². The average Bonchev–Trinajstić information content (AvgIpc) is 2.94. The summed E-state index contributed by atoms with van der Waals surface area (Å²) in [4.78, 5) is 28.5. The van der Waals surface area contributed by atoms with Crippen molar-refractivity contribution in [3.05, 3.63) is 93.2 Å². The van der Waals surface area contributed by atoms with E-state index in [9.17, 15) is 22.4 Å². The maximum absolute atomic E-state index is 14.0. The lowest BCUT2D eigenvalue weighted by Crippen LogP contribution is -2.52. The highest BCUT2D eigenvalue weighted by atomic mass is 35.5. The molecule has 0 saturated carbocycles. The van der Waals surface area contributed by atoms with E-state index in [-0.39, 0.29) is 45.4 Å². The summed E-state index contributed by atoms with van der Waals surface area (Å²) >= 11 is 18.3. The molecule has 3 rings (SSSR count). The van der Waals surface area contributed by atoms with Crippen LogP contribution in [0.25, 0.3) is 0 Å². The summed E-state index contributed by atoms with van der Waals surface area (Å²) in [6, 6.07) is 14.8. The number of hydrogen-bond donors (Lipinski definition) is 1. The quantitative estimate of drug-likeness (QED) is 0.243. The van der Waals surface area contributed by atoms with Gasteiger partial charge in [-0.1, -0.05) is 79.8 Å². The maximum atomic E-state index is 14.0. The molecule has 3 aromatic rings. The van der Waals surface area contributed by atoms with E-state index in [4.69, 9.17) is 34.8 Å². The van der Waals surface area contributed by atoms with Gasteiger partial charge in [0.1, 0.15) is 18.4 Å². The molecule has 3 aromatic carbocycles. The van der Waals surface area contributed by atoms with Crippen molar-refractivity contribution in [1.82, 2.24) is 10.2 Å². The van der Waals surface area contributed by atoms with Gasteiger partial charge in [-0.3, -0.25) is 13.9 Å². The third kappa shape index (κ3) is 8.35. The Bertz CT molecular complexity index is 1490. The Morgan fingerprint density at radius 2 is 1.61 bits per heavy atom. The summed E-state index contributed by atoms with van der Waals surface area (Å²) in [5.74, 6) is -1.61. The third-order valence-corrected chi connectivity index (χ3v) is 9.03. The van der Waals surface area contributed by atoms with Gasteiger partial charge in [-0.25, -0.2) is 12.8 Å². The molecule has 0 heterocycles. The zero-order valence-corrected chi connectivity index (χ0v) is 25.9. The van der Waals surface area contributed by atoms with Gasteiger partial charge in [0, 0.05) is 13.1 Å². The van der Waals surface area contributed by atoms with E-state index in [1.807, 2.05) is 13.8 Å². The van der Waals surface area contributed by atoms with E-state index in [2.05, 4.69) is 5.32 Å². The van der Waals surface area contributed by atoms with E-state index in [0.717, 1.165) is 16.4 Å². The predicted octanol–water partition coefficient (Wildman–Crippen LogP) is 6.56. The molecule has 12 heteroatoms. The molecule has 41 heavy (non-hydrogen) atoms. The minimum atomic E-state index is -4.31. The standard InChI is InChI=1S/C29H31Cl3FN3O4S/c1-4-27(29(38)34-16-19(2)3)35(17-20-10-12-23(30)24(31)14-20)28(37)18-36(21-11-13-26(33)25(32)15-21)41(39,40)22-8-6-5-7-9-22/h5-15,19,27H,4,16-18H2,1-3H3,(H,34,38). The van der Waals surface area contributed by atoms with Crippen LogP contribution in [-0.2, 0) is 26.2 Å². The number of sulfonamides is 1. The molecule has 0 aliphatic carbocycles. The summed E-state index contributed by atoms with van der Waals surface area (Å²) in [5.41, 5.74) is 0.575. The van der Waals surface area contributed by atoms with Gasteiger partial charge >= 0.3 is 0 Å². The minimum Gasteiger partial charge on any atom is -0.354 e. The van der Waals surface area contributed by atoms with Gasteiger partial charge in [0.25, 0.3) is 10.0 Å². The number of nitrogens with zero attached hydrogens (tertiary/aromatic N) is 2. The number of carbonyl (C=O) groups is 2. The second-order valence-corrected chi connectivity index (χ2v) is 12.8. The molecule has 0 fully saturated rings. The molecule has 0 bridgehead atoms. The molecule has 0 spiro atoms. The second kappa shape index (κ2) is 14.4. The summed E-state index contributed by atoms with van der Waals surface area (Å²) in [7, 11) is -4.31. The highest BCUT2D eigenvalue weighted by molar-refractivity contribution is 7.92. The highest BCUT2D eigenvalue weighted by Crippen LogP contribution is 2.29. The molecule has 0 aliphatic rings. The Labute approximate surface area is 255 Å². The van der Waals surface area contributed by atoms with E-state index in [1.165, 1.54) is 23.1 Å². The molecule has 1 N–H and O–H groups in total. The summed E-state index contributed by atoms with van der Waals surface area (Å²) in [6.45, 7) is 5.31. The third-order valence-electron chi connectivity index (χ3n) is 6.21. The topological polar surface area (TPSA) is 86.8 Å². The molecule has 0 aliphatic heterocycles. The largest absolute Gasteiger partial charge is 0.354 e. The van der Waals surface area contributed by atoms with Crippen molar-refractivity contribution in [3.8, 4) is 0 Å². The molecular formula is C29H31Cl3FN3O4S. The fraction of sp³-hybridized carbons (Fsp3) is 0.310. The van der Waals surface area contributed by atoms with Gasteiger partial charge in [0.15, 0.2) is 0 Å². The average molecular weight is 643 g/mol. The lowest BCUT2D eigenvalue weighted by Gasteiger charge is -2.33. The van der Waals surface area contributed by atoms with Crippen LogP contribution in [0.1, 0.15) is 32.8 Å². The molecule has 0 saturated heterocycles. The Hall–Kier alpha value is -2.85. The minimum absolute atomic E-state index is 0.0135. The summed E-state index contributed by atoms with van der Waals surface area (Å²) in [6.07, 6.45) is 0.255. The van der Waals surface area contributed by atoms with Gasteiger partial charge in [0.05, 0.1) is 25.7 Å². The Balaban J connectivity index is 2.07. The first-order valence-corrected chi connectivity index (χ1v) is 15.5. The monoisotopic (exact) mass is 641 g/mol.